The van der Waals surface area contributed by atoms with Crippen molar-refractivity contribution in [3.8, 4) is 17.2 Å². The van der Waals surface area contributed by atoms with Crippen LogP contribution in [-0.2, 0) is 4.74 Å². The van der Waals surface area contributed by atoms with Crippen LogP contribution in [0, 0.1) is 0 Å². The Hall–Kier alpha value is -3.74. The number of para-hydroxylation sites is 1. The lowest BCUT2D eigenvalue weighted by molar-refractivity contribution is 0.0282. The fourth-order valence-electron chi connectivity index (χ4n) is 3.18. The number of methoxy groups -OCH3 is 1. The highest BCUT2D eigenvalue weighted by atomic mass is 16.6. The Morgan fingerprint density at radius 3 is 2.45 bits per heavy atom. The number of fused-ring (bicyclic) bond motifs is 1. The van der Waals surface area contributed by atoms with Crippen LogP contribution >= 0.6 is 0 Å². The van der Waals surface area contributed by atoms with Gasteiger partial charge >= 0.3 is 5.97 Å². The molecule has 0 aliphatic rings. The van der Waals surface area contributed by atoms with Crippen molar-refractivity contribution in [3.05, 3.63) is 71.7 Å². The SMILES string of the molecule is COc1ccc(-c2nnc(C(C)OC(=O)c3cc(C(C)C)nc4ccccc34)o2)cc1. The Bertz CT molecular complexity index is 1220. The van der Waals surface area contributed by atoms with Gasteiger partial charge in [0.2, 0.25) is 5.89 Å². The Morgan fingerprint density at radius 1 is 1.00 bits per heavy atom. The third kappa shape index (κ3) is 4.26. The highest BCUT2D eigenvalue weighted by Gasteiger charge is 2.22. The molecule has 7 heteroatoms. The summed E-state index contributed by atoms with van der Waals surface area (Å²) in [5, 5.41) is 8.87. The lowest BCUT2D eigenvalue weighted by Gasteiger charge is -2.13. The number of carbonyl (C=O) groups excluding carboxylic acids is 1. The topological polar surface area (TPSA) is 87.3 Å². The van der Waals surface area contributed by atoms with Crippen LogP contribution in [0.25, 0.3) is 22.4 Å². The minimum absolute atomic E-state index is 0.177. The van der Waals surface area contributed by atoms with E-state index in [1.165, 1.54) is 0 Å². The molecule has 0 bridgehead atoms. The van der Waals surface area contributed by atoms with Gasteiger partial charge in [0.15, 0.2) is 6.10 Å². The van der Waals surface area contributed by atoms with Gasteiger partial charge in [-0.1, -0.05) is 32.0 Å². The number of carbonyl (C=O) groups is 1. The van der Waals surface area contributed by atoms with Crippen molar-refractivity contribution < 1.29 is 18.7 Å². The van der Waals surface area contributed by atoms with Gasteiger partial charge < -0.3 is 13.9 Å². The molecule has 0 radical (unpaired) electrons. The number of hydrogen-bond donors (Lipinski definition) is 0. The van der Waals surface area contributed by atoms with Crippen LogP contribution in [-0.4, -0.2) is 28.3 Å². The van der Waals surface area contributed by atoms with Crippen molar-refractivity contribution in [3.63, 3.8) is 0 Å². The summed E-state index contributed by atoms with van der Waals surface area (Å²) >= 11 is 0. The van der Waals surface area contributed by atoms with Crippen LogP contribution in [0.3, 0.4) is 0 Å². The zero-order valence-electron chi connectivity index (χ0n) is 17.8. The van der Waals surface area contributed by atoms with E-state index in [0.29, 0.717) is 11.5 Å². The van der Waals surface area contributed by atoms with E-state index in [0.717, 1.165) is 27.9 Å². The summed E-state index contributed by atoms with van der Waals surface area (Å²) in [4.78, 5) is 17.7. The molecule has 2 aromatic carbocycles. The molecule has 158 valence electrons. The van der Waals surface area contributed by atoms with Crippen LogP contribution < -0.4 is 4.74 Å². The highest BCUT2D eigenvalue weighted by molar-refractivity contribution is 6.03. The summed E-state index contributed by atoms with van der Waals surface area (Å²) < 4.78 is 16.6. The molecular formula is C24H23N3O4. The summed E-state index contributed by atoms with van der Waals surface area (Å²) in [6.07, 6.45) is -0.707. The molecule has 0 N–H and O–H groups in total. The van der Waals surface area contributed by atoms with Crippen molar-refractivity contribution in [2.45, 2.75) is 32.8 Å². The number of rotatable bonds is 6. The number of nitrogens with zero attached hydrogens (tertiary/aromatic N) is 3. The first-order chi connectivity index (χ1) is 15.0. The number of pyridine rings is 1. The molecule has 4 aromatic rings. The van der Waals surface area contributed by atoms with Gasteiger partial charge in [-0.2, -0.15) is 0 Å². The number of esters is 1. The normalized spacial score (nSPS) is 12.2. The van der Waals surface area contributed by atoms with E-state index in [4.69, 9.17) is 13.9 Å². The Labute approximate surface area is 180 Å². The van der Waals surface area contributed by atoms with E-state index in [1.54, 1.807) is 20.1 Å². The van der Waals surface area contributed by atoms with E-state index < -0.39 is 12.1 Å². The zero-order chi connectivity index (χ0) is 22.0. The van der Waals surface area contributed by atoms with Gasteiger partial charge in [0.25, 0.3) is 5.89 Å². The largest absolute Gasteiger partial charge is 0.497 e. The third-order valence-electron chi connectivity index (χ3n) is 4.96. The standard InChI is InChI=1S/C24H23N3O4/c1-14(2)21-13-19(18-7-5-6-8-20(18)25-21)24(28)30-15(3)22-26-27-23(31-22)16-9-11-17(29-4)12-10-16/h5-15H,1-4H3. The zero-order valence-corrected chi connectivity index (χ0v) is 17.8. The van der Waals surface area contributed by atoms with Crippen molar-refractivity contribution >= 4 is 16.9 Å². The van der Waals surface area contributed by atoms with Crippen molar-refractivity contribution in [2.75, 3.05) is 7.11 Å². The molecule has 0 saturated heterocycles. The second-order valence-corrected chi connectivity index (χ2v) is 7.49. The van der Waals surface area contributed by atoms with E-state index in [2.05, 4.69) is 15.2 Å². The summed E-state index contributed by atoms with van der Waals surface area (Å²) in [6.45, 7) is 5.78. The van der Waals surface area contributed by atoms with Crippen molar-refractivity contribution in [1.29, 1.82) is 0 Å². The molecule has 0 spiro atoms. The van der Waals surface area contributed by atoms with Crippen LogP contribution in [0.5, 0.6) is 5.75 Å². The maximum atomic E-state index is 13.0. The molecule has 0 saturated carbocycles. The monoisotopic (exact) mass is 417 g/mol. The van der Waals surface area contributed by atoms with Gasteiger partial charge in [0, 0.05) is 16.6 Å². The minimum atomic E-state index is -0.707. The van der Waals surface area contributed by atoms with Crippen molar-refractivity contribution in [2.24, 2.45) is 0 Å². The molecule has 1 unspecified atom stereocenters. The van der Waals surface area contributed by atoms with Gasteiger partial charge in [-0.05, 0) is 49.2 Å². The Kier molecular flexibility index (Phi) is 5.66. The third-order valence-corrected chi connectivity index (χ3v) is 4.96. The quantitative estimate of drug-likeness (QED) is 0.392. The molecule has 2 heterocycles. The average molecular weight is 417 g/mol. The summed E-state index contributed by atoms with van der Waals surface area (Å²) in [5.74, 6) is 1.02. The Balaban J connectivity index is 1.57. The molecular weight excluding hydrogens is 394 g/mol. The molecule has 31 heavy (non-hydrogen) atoms. The van der Waals surface area contributed by atoms with Gasteiger partial charge in [0.05, 0.1) is 18.2 Å². The lowest BCUT2D eigenvalue weighted by atomic mass is 10.0. The van der Waals surface area contributed by atoms with Crippen LogP contribution in [0.1, 0.15) is 54.7 Å². The van der Waals surface area contributed by atoms with Crippen LogP contribution in [0.15, 0.2) is 59.0 Å². The van der Waals surface area contributed by atoms with Crippen LogP contribution in [0.4, 0.5) is 0 Å². The summed E-state index contributed by atoms with van der Waals surface area (Å²) in [7, 11) is 1.60. The molecule has 0 amide bonds. The predicted octanol–water partition coefficient (Wildman–Crippen LogP) is 5.33. The fourth-order valence-corrected chi connectivity index (χ4v) is 3.18. The summed E-state index contributed by atoms with van der Waals surface area (Å²) in [5.41, 5.74) is 2.81. The number of aromatic nitrogens is 3. The first kappa shape index (κ1) is 20.5. The molecule has 0 aliphatic carbocycles. The van der Waals surface area contributed by atoms with Gasteiger partial charge in [-0.15, -0.1) is 10.2 Å². The molecule has 7 nitrogen and oxygen atoms in total. The number of hydrogen-bond acceptors (Lipinski definition) is 7. The first-order valence-electron chi connectivity index (χ1n) is 10.0. The van der Waals surface area contributed by atoms with Gasteiger partial charge in [0.1, 0.15) is 5.75 Å². The smallest absolute Gasteiger partial charge is 0.339 e. The van der Waals surface area contributed by atoms with E-state index in [1.807, 2.05) is 62.4 Å². The maximum Gasteiger partial charge on any atom is 0.339 e. The summed E-state index contributed by atoms with van der Waals surface area (Å²) in [6, 6.07) is 16.6. The van der Waals surface area contributed by atoms with E-state index in [9.17, 15) is 4.79 Å². The number of ether oxygens (including phenoxy) is 2. The van der Waals surface area contributed by atoms with Gasteiger partial charge in [-0.3, -0.25) is 4.98 Å². The molecule has 2 aromatic heterocycles. The molecule has 0 aliphatic heterocycles. The van der Waals surface area contributed by atoms with Crippen molar-refractivity contribution in [1.82, 2.24) is 15.2 Å². The van der Waals surface area contributed by atoms with E-state index in [-0.39, 0.29) is 11.8 Å². The van der Waals surface area contributed by atoms with E-state index >= 15 is 0 Å². The lowest BCUT2D eigenvalue weighted by Crippen LogP contribution is -2.11. The first-order valence-corrected chi connectivity index (χ1v) is 10.0. The average Bonchev–Trinajstić information content (AvgIpc) is 3.28. The Morgan fingerprint density at radius 2 is 1.74 bits per heavy atom. The second kappa shape index (κ2) is 8.55. The second-order valence-electron chi connectivity index (χ2n) is 7.49. The molecule has 0 fully saturated rings. The van der Waals surface area contributed by atoms with Crippen LogP contribution in [0.2, 0.25) is 0 Å². The predicted molar refractivity (Wildman–Crippen MR) is 116 cm³/mol. The minimum Gasteiger partial charge on any atom is -0.497 e. The molecule has 4 rings (SSSR count). The molecule has 1 atom stereocenters. The maximum absolute atomic E-state index is 13.0. The number of benzene rings is 2. The van der Waals surface area contributed by atoms with Gasteiger partial charge in [-0.25, -0.2) is 4.79 Å². The highest BCUT2D eigenvalue weighted by Crippen LogP contribution is 2.27. The fraction of sp³-hybridized carbons (Fsp3) is 0.250.